The van der Waals surface area contributed by atoms with E-state index in [1.807, 2.05) is 0 Å². The quantitative estimate of drug-likeness (QED) is 0.260. The number of rotatable bonds is 8. The van der Waals surface area contributed by atoms with Crippen LogP contribution < -0.4 is 11.5 Å². The first-order chi connectivity index (χ1) is 10.2. The summed E-state index contributed by atoms with van der Waals surface area (Å²) >= 11 is 0. The van der Waals surface area contributed by atoms with Crippen molar-refractivity contribution in [2.24, 2.45) is 17.4 Å². The smallest absolute Gasteiger partial charge is 0.451 e. The lowest BCUT2D eigenvalue weighted by Gasteiger charge is -2.25. The zero-order valence-corrected chi connectivity index (χ0v) is 12.4. The molecule has 0 aromatic rings. The molecule has 1 rings (SSSR count). The third-order valence-electron chi connectivity index (χ3n) is 4.10. The highest BCUT2D eigenvalue weighted by Gasteiger charge is 2.50. The minimum atomic E-state index is -1.57. The SMILES string of the molecule is N[C@@H](CCO)C(=O)N1C[C@H](CCCB(O)O)[C@](N)(C(=O)O)C1. The van der Waals surface area contributed by atoms with Gasteiger partial charge in [-0.25, -0.2) is 0 Å². The van der Waals surface area contributed by atoms with Crippen molar-refractivity contribution >= 4 is 19.0 Å². The second kappa shape index (κ2) is 7.88. The van der Waals surface area contributed by atoms with Crippen molar-refractivity contribution in [3.8, 4) is 0 Å². The molecule has 1 aliphatic heterocycles. The van der Waals surface area contributed by atoms with Crippen LogP contribution in [0.25, 0.3) is 0 Å². The van der Waals surface area contributed by atoms with Gasteiger partial charge in [-0.3, -0.25) is 9.59 Å². The van der Waals surface area contributed by atoms with Crippen molar-refractivity contribution < 1.29 is 29.9 Å². The lowest BCUT2D eigenvalue weighted by molar-refractivity contribution is -0.144. The van der Waals surface area contributed by atoms with Crippen molar-refractivity contribution in [1.82, 2.24) is 4.90 Å². The topological polar surface area (TPSA) is 170 Å². The molecule has 0 spiro atoms. The van der Waals surface area contributed by atoms with Crippen LogP contribution in [0.1, 0.15) is 19.3 Å². The molecule has 0 unspecified atom stereocenters. The largest absolute Gasteiger partial charge is 0.480 e. The fourth-order valence-electron chi connectivity index (χ4n) is 2.74. The summed E-state index contributed by atoms with van der Waals surface area (Å²) in [6.07, 6.45) is 0.963. The molecule has 126 valence electrons. The molecule has 9 nitrogen and oxygen atoms in total. The van der Waals surface area contributed by atoms with Gasteiger partial charge in [-0.05, 0) is 19.2 Å². The Morgan fingerprint density at radius 2 is 2.05 bits per heavy atom. The predicted molar refractivity (Wildman–Crippen MR) is 78.5 cm³/mol. The Morgan fingerprint density at radius 3 is 2.55 bits per heavy atom. The Labute approximate surface area is 129 Å². The number of amides is 1. The number of aliphatic hydroxyl groups is 1. The zero-order chi connectivity index (χ0) is 16.9. The fraction of sp³-hybridized carbons (Fsp3) is 0.833. The van der Waals surface area contributed by atoms with Gasteiger partial charge < -0.3 is 36.6 Å². The number of likely N-dealkylation sites (tertiary alicyclic amines) is 1. The molecule has 1 heterocycles. The highest BCUT2D eigenvalue weighted by Crippen LogP contribution is 2.31. The van der Waals surface area contributed by atoms with Gasteiger partial charge in [-0.1, -0.05) is 6.42 Å². The summed E-state index contributed by atoms with van der Waals surface area (Å²) in [5.41, 5.74) is 10.0. The first-order valence-electron chi connectivity index (χ1n) is 7.26. The summed E-state index contributed by atoms with van der Waals surface area (Å²) in [7, 11) is -1.45. The Balaban J connectivity index is 2.74. The van der Waals surface area contributed by atoms with E-state index in [4.69, 9.17) is 26.6 Å². The van der Waals surface area contributed by atoms with Gasteiger partial charge in [-0.15, -0.1) is 0 Å². The summed E-state index contributed by atoms with van der Waals surface area (Å²) in [4.78, 5) is 24.9. The molecule has 1 fully saturated rings. The minimum absolute atomic E-state index is 0.0986. The van der Waals surface area contributed by atoms with Crippen LogP contribution in [0, 0.1) is 5.92 Å². The molecular formula is C12H24BN3O6. The molecule has 0 aromatic heterocycles. The van der Waals surface area contributed by atoms with Crippen molar-refractivity contribution in [2.45, 2.75) is 37.2 Å². The number of carboxylic acid groups (broad SMARTS) is 1. The maximum absolute atomic E-state index is 12.1. The van der Waals surface area contributed by atoms with Crippen LogP contribution in [0.5, 0.6) is 0 Å². The van der Waals surface area contributed by atoms with Crippen molar-refractivity contribution in [2.75, 3.05) is 19.7 Å². The van der Waals surface area contributed by atoms with Crippen molar-refractivity contribution in [3.05, 3.63) is 0 Å². The monoisotopic (exact) mass is 317 g/mol. The average molecular weight is 317 g/mol. The second-order valence-electron chi connectivity index (χ2n) is 5.79. The molecule has 8 N–H and O–H groups in total. The molecule has 10 heteroatoms. The molecule has 0 saturated carbocycles. The highest BCUT2D eigenvalue weighted by molar-refractivity contribution is 6.40. The molecule has 0 aliphatic carbocycles. The third kappa shape index (κ3) is 4.40. The number of carbonyl (C=O) groups is 2. The maximum atomic E-state index is 12.1. The van der Waals surface area contributed by atoms with Crippen LogP contribution >= 0.6 is 0 Å². The fourth-order valence-corrected chi connectivity index (χ4v) is 2.74. The van der Waals surface area contributed by atoms with Gasteiger partial charge >= 0.3 is 13.1 Å². The maximum Gasteiger partial charge on any atom is 0.451 e. The Bertz CT molecular complexity index is 410. The summed E-state index contributed by atoms with van der Waals surface area (Å²) in [5, 5.41) is 35.9. The van der Waals surface area contributed by atoms with Crippen LogP contribution in [-0.4, -0.2) is 75.4 Å². The van der Waals surface area contributed by atoms with Crippen LogP contribution in [0.15, 0.2) is 0 Å². The van der Waals surface area contributed by atoms with E-state index in [1.165, 1.54) is 4.90 Å². The summed E-state index contributed by atoms with van der Waals surface area (Å²) in [5.74, 6) is -2.13. The molecule has 1 saturated heterocycles. The summed E-state index contributed by atoms with van der Waals surface area (Å²) in [6.45, 7) is -0.222. The highest BCUT2D eigenvalue weighted by atomic mass is 16.4. The van der Waals surface area contributed by atoms with E-state index in [2.05, 4.69) is 0 Å². The molecule has 22 heavy (non-hydrogen) atoms. The molecule has 3 atom stereocenters. The van der Waals surface area contributed by atoms with E-state index in [0.29, 0.717) is 12.8 Å². The lowest BCUT2D eigenvalue weighted by atomic mass is 9.78. The van der Waals surface area contributed by atoms with E-state index in [1.54, 1.807) is 0 Å². The Kier molecular flexibility index (Phi) is 6.76. The van der Waals surface area contributed by atoms with Crippen LogP contribution in [0.2, 0.25) is 6.32 Å². The minimum Gasteiger partial charge on any atom is -0.480 e. The van der Waals surface area contributed by atoms with Crippen molar-refractivity contribution in [3.63, 3.8) is 0 Å². The van der Waals surface area contributed by atoms with Crippen LogP contribution in [0.4, 0.5) is 0 Å². The summed E-state index contributed by atoms with van der Waals surface area (Å²) < 4.78 is 0. The molecule has 1 amide bonds. The van der Waals surface area contributed by atoms with Gasteiger partial charge in [0.15, 0.2) is 0 Å². The molecular weight excluding hydrogens is 293 g/mol. The second-order valence-corrected chi connectivity index (χ2v) is 5.79. The number of hydrogen-bond acceptors (Lipinski definition) is 7. The number of aliphatic carboxylic acids is 1. The van der Waals surface area contributed by atoms with E-state index in [9.17, 15) is 14.7 Å². The first-order valence-corrected chi connectivity index (χ1v) is 7.26. The van der Waals surface area contributed by atoms with Gasteiger partial charge in [-0.2, -0.15) is 0 Å². The van der Waals surface area contributed by atoms with Gasteiger partial charge in [0.05, 0.1) is 6.04 Å². The average Bonchev–Trinajstić information content (AvgIpc) is 2.77. The van der Waals surface area contributed by atoms with E-state index < -0.39 is 36.5 Å². The number of nitrogens with two attached hydrogens (primary N) is 2. The lowest BCUT2D eigenvalue weighted by Crippen LogP contribution is -2.55. The molecule has 0 radical (unpaired) electrons. The van der Waals surface area contributed by atoms with Crippen LogP contribution in [0.3, 0.4) is 0 Å². The Morgan fingerprint density at radius 1 is 1.41 bits per heavy atom. The summed E-state index contributed by atoms with van der Waals surface area (Å²) in [6, 6.07) is -0.888. The van der Waals surface area contributed by atoms with Crippen molar-refractivity contribution in [1.29, 1.82) is 0 Å². The standard InChI is InChI=1S/C12H24BN3O6/c14-9(3-5-17)10(18)16-6-8(2-1-4-13(21)22)12(15,7-16)11(19)20/h8-9,17,21-22H,1-7,14-15H2,(H,19,20)/t8-,9-,12-/m0/s1. The van der Waals surface area contributed by atoms with E-state index in [0.717, 1.165) is 0 Å². The van der Waals surface area contributed by atoms with Gasteiger partial charge in [0.25, 0.3) is 0 Å². The first kappa shape index (κ1) is 18.9. The van der Waals surface area contributed by atoms with E-state index >= 15 is 0 Å². The predicted octanol–water partition coefficient (Wildman–Crippen LogP) is -2.81. The molecule has 1 aliphatic rings. The zero-order valence-electron chi connectivity index (χ0n) is 12.4. The molecule has 0 aromatic carbocycles. The number of carboxylic acids is 1. The molecule has 0 bridgehead atoms. The van der Waals surface area contributed by atoms with E-state index in [-0.39, 0.29) is 32.4 Å². The number of aliphatic hydroxyl groups excluding tert-OH is 1. The van der Waals surface area contributed by atoms with Gasteiger partial charge in [0.2, 0.25) is 5.91 Å². The number of carbonyl (C=O) groups excluding carboxylic acids is 1. The normalized spacial score (nSPS) is 26.0. The number of nitrogens with zero attached hydrogens (tertiary/aromatic N) is 1. The third-order valence-corrected chi connectivity index (χ3v) is 4.10. The Hall–Kier alpha value is -1.20. The number of hydrogen-bond donors (Lipinski definition) is 6. The van der Waals surface area contributed by atoms with Gasteiger partial charge in [0, 0.05) is 25.6 Å². The van der Waals surface area contributed by atoms with Crippen LogP contribution in [-0.2, 0) is 9.59 Å². The van der Waals surface area contributed by atoms with Gasteiger partial charge in [0.1, 0.15) is 5.54 Å².